The van der Waals surface area contributed by atoms with Crippen LogP contribution < -0.4 is 5.73 Å². The third-order valence-electron chi connectivity index (χ3n) is 2.35. The van der Waals surface area contributed by atoms with Gasteiger partial charge in [-0.25, -0.2) is 0 Å². The second kappa shape index (κ2) is 6.67. The van der Waals surface area contributed by atoms with E-state index in [0.29, 0.717) is 12.8 Å². The predicted octanol–water partition coefficient (Wildman–Crippen LogP) is 4.09. The lowest BCUT2D eigenvalue weighted by atomic mass is 9.97. The molecule has 0 bridgehead atoms. The van der Waals surface area contributed by atoms with E-state index in [2.05, 4.69) is 6.58 Å². The average Bonchev–Trinajstić information content (AvgIpc) is 2.24. The highest BCUT2D eigenvalue weighted by Gasteiger charge is 2.33. The average molecular weight is 266 g/mol. The smallest absolute Gasteiger partial charge is 0.324 e. The van der Waals surface area contributed by atoms with Gasteiger partial charge in [0.05, 0.1) is 5.56 Å². The number of hydrogen-bond donors (Lipinski definition) is 1. The van der Waals surface area contributed by atoms with E-state index in [-0.39, 0.29) is 18.0 Å². The summed E-state index contributed by atoms with van der Waals surface area (Å²) in [6.07, 6.45) is -1.62. The Kier molecular flexibility index (Phi) is 6.27. The van der Waals surface area contributed by atoms with Crippen LogP contribution in [0.2, 0.25) is 0 Å². The molecule has 0 saturated carbocycles. The van der Waals surface area contributed by atoms with Gasteiger partial charge in [-0.1, -0.05) is 24.3 Å². The number of allylic oxidation sites excluding steroid dienone is 1. The summed E-state index contributed by atoms with van der Waals surface area (Å²) >= 11 is 0. The molecule has 1 atom stereocenters. The van der Waals surface area contributed by atoms with Crippen molar-refractivity contribution >= 4 is 12.4 Å². The molecule has 1 aromatic carbocycles. The first kappa shape index (κ1) is 16.0. The van der Waals surface area contributed by atoms with Crippen molar-refractivity contribution in [2.45, 2.75) is 25.1 Å². The third-order valence-corrected chi connectivity index (χ3v) is 2.35. The summed E-state index contributed by atoms with van der Waals surface area (Å²) in [4.78, 5) is 0. The van der Waals surface area contributed by atoms with Gasteiger partial charge in [-0.05, 0) is 24.5 Å². The summed E-state index contributed by atoms with van der Waals surface area (Å²) in [6, 6.07) is 4.82. The number of rotatable bonds is 4. The van der Waals surface area contributed by atoms with E-state index in [1.54, 1.807) is 12.1 Å². The molecule has 1 aromatic rings. The van der Waals surface area contributed by atoms with Crippen molar-refractivity contribution in [3.05, 3.63) is 48.0 Å². The minimum atomic E-state index is -4.34. The minimum Gasteiger partial charge on any atom is -0.324 e. The molecule has 0 unspecified atom stereocenters. The maximum atomic E-state index is 12.7. The van der Waals surface area contributed by atoms with Crippen LogP contribution >= 0.6 is 12.4 Å². The van der Waals surface area contributed by atoms with E-state index >= 15 is 0 Å². The zero-order valence-corrected chi connectivity index (χ0v) is 10.0. The fourth-order valence-corrected chi connectivity index (χ4v) is 1.53. The summed E-state index contributed by atoms with van der Waals surface area (Å²) in [7, 11) is 0. The number of halogens is 4. The van der Waals surface area contributed by atoms with Gasteiger partial charge in [-0.3, -0.25) is 0 Å². The van der Waals surface area contributed by atoms with Gasteiger partial charge in [0.1, 0.15) is 0 Å². The number of hydrogen-bond acceptors (Lipinski definition) is 1. The Balaban J connectivity index is 0.00000256. The van der Waals surface area contributed by atoms with Crippen LogP contribution in [0.3, 0.4) is 0 Å². The van der Waals surface area contributed by atoms with Gasteiger partial charge < -0.3 is 5.73 Å². The topological polar surface area (TPSA) is 26.0 Å². The van der Waals surface area contributed by atoms with E-state index in [9.17, 15) is 13.2 Å². The Bertz CT molecular complexity index is 363. The molecule has 17 heavy (non-hydrogen) atoms. The Labute approximate surface area is 105 Å². The van der Waals surface area contributed by atoms with Gasteiger partial charge in [0, 0.05) is 6.04 Å². The van der Waals surface area contributed by atoms with E-state index in [1.807, 2.05) is 0 Å². The minimum absolute atomic E-state index is 0. The molecule has 0 heterocycles. The molecule has 0 spiro atoms. The Morgan fingerprint density at radius 2 is 1.88 bits per heavy atom. The normalized spacial score (nSPS) is 12.7. The third kappa shape index (κ3) is 4.40. The van der Waals surface area contributed by atoms with Gasteiger partial charge in [-0.2, -0.15) is 13.2 Å². The molecule has 2 N–H and O–H groups in total. The van der Waals surface area contributed by atoms with Crippen molar-refractivity contribution in [2.24, 2.45) is 5.73 Å². The zero-order valence-electron chi connectivity index (χ0n) is 9.20. The molecule has 0 aliphatic rings. The van der Waals surface area contributed by atoms with Crippen LogP contribution in [-0.4, -0.2) is 0 Å². The zero-order chi connectivity index (χ0) is 12.2. The van der Waals surface area contributed by atoms with Crippen LogP contribution in [0.25, 0.3) is 0 Å². The number of alkyl halides is 3. The van der Waals surface area contributed by atoms with Crippen LogP contribution in [0.5, 0.6) is 0 Å². The molecule has 0 aliphatic carbocycles. The Morgan fingerprint density at radius 3 is 2.41 bits per heavy atom. The van der Waals surface area contributed by atoms with E-state index in [0.717, 1.165) is 6.07 Å². The summed E-state index contributed by atoms with van der Waals surface area (Å²) in [5.74, 6) is 0. The number of nitrogens with two attached hydrogens (primary N) is 1. The van der Waals surface area contributed by atoms with E-state index in [4.69, 9.17) is 5.73 Å². The largest absolute Gasteiger partial charge is 0.416 e. The number of benzene rings is 1. The van der Waals surface area contributed by atoms with Crippen LogP contribution in [0.4, 0.5) is 13.2 Å². The van der Waals surface area contributed by atoms with Gasteiger partial charge in [0.2, 0.25) is 0 Å². The second-order valence-corrected chi connectivity index (χ2v) is 3.56. The van der Waals surface area contributed by atoms with Crippen molar-refractivity contribution in [1.29, 1.82) is 0 Å². The SMILES string of the molecule is C=CCC[C@@H](N)c1ccccc1C(F)(F)F.Cl. The molecule has 5 heteroatoms. The van der Waals surface area contributed by atoms with Crippen molar-refractivity contribution in [3.63, 3.8) is 0 Å². The summed E-state index contributed by atoms with van der Waals surface area (Å²) in [5.41, 5.74) is 5.23. The highest BCUT2D eigenvalue weighted by Crippen LogP contribution is 2.34. The van der Waals surface area contributed by atoms with Gasteiger partial charge in [0.25, 0.3) is 0 Å². The van der Waals surface area contributed by atoms with Crippen LogP contribution in [-0.2, 0) is 6.18 Å². The molecule has 0 aromatic heterocycles. The van der Waals surface area contributed by atoms with Crippen molar-refractivity contribution in [2.75, 3.05) is 0 Å². The van der Waals surface area contributed by atoms with E-state index in [1.165, 1.54) is 12.1 Å². The molecule has 1 rings (SSSR count). The molecule has 0 fully saturated rings. The van der Waals surface area contributed by atoms with Crippen LogP contribution in [0.15, 0.2) is 36.9 Å². The molecule has 1 nitrogen and oxygen atoms in total. The molecule has 0 amide bonds. The second-order valence-electron chi connectivity index (χ2n) is 3.56. The Morgan fingerprint density at radius 1 is 1.29 bits per heavy atom. The first-order valence-corrected chi connectivity index (χ1v) is 4.99. The highest BCUT2D eigenvalue weighted by atomic mass is 35.5. The Hall–Kier alpha value is -1.00. The van der Waals surface area contributed by atoms with Gasteiger partial charge in [0.15, 0.2) is 0 Å². The lowest BCUT2D eigenvalue weighted by Crippen LogP contribution is -2.17. The van der Waals surface area contributed by atoms with E-state index < -0.39 is 17.8 Å². The highest BCUT2D eigenvalue weighted by molar-refractivity contribution is 5.85. The van der Waals surface area contributed by atoms with Crippen LogP contribution in [0, 0.1) is 0 Å². The first-order chi connectivity index (χ1) is 7.46. The van der Waals surface area contributed by atoms with Crippen molar-refractivity contribution < 1.29 is 13.2 Å². The maximum Gasteiger partial charge on any atom is 0.416 e. The summed E-state index contributed by atoms with van der Waals surface area (Å²) < 4.78 is 38.0. The van der Waals surface area contributed by atoms with Gasteiger partial charge >= 0.3 is 6.18 Å². The fraction of sp³-hybridized carbons (Fsp3) is 0.333. The fourth-order valence-electron chi connectivity index (χ4n) is 1.53. The maximum absolute atomic E-state index is 12.7. The van der Waals surface area contributed by atoms with Crippen molar-refractivity contribution in [1.82, 2.24) is 0 Å². The lowest BCUT2D eigenvalue weighted by molar-refractivity contribution is -0.138. The molecular weight excluding hydrogens is 251 g/mol. The predicted molar refractivity (Wildman–Crippen MR) is 65.1 cm³/mol. The molecular formula is C12H15ClF3N. The quantitative estimate of drug-likeness (QED) is 0.815. The summed E-state index contributed by atoms with van der Waals surface area (Å²) in [6.45, 7) is 3.52. The first-order valence-electron chi connectivity index (χ1n) is 4.99. The van der Waals surface area contributed by atoms with Gasteiger partial charge in [-0.15, -0.1) is 19.0 Å². The molecule has 0 radical (unpaired) electrons. The summed E-state index contributed by atoms with van der Waals surface area (Å²) in [5, 5.41) is 0. The van der Waals surface area contributed by atoms with Crippen LogP contribution in [0.1, 0.15) is 30.0 Å². The molecule has 96 valence electrons. The van der Waals surface area contributed by atoms with Crippen molar-refractivity contribution in [3.8, 4) is 0 Å². The molecule has 0 aliphatic heterocycles. The monoisotopic (exact) mass is 265 g/mol. The lowest BCUT2D eigenvalue weighted by Gasteiger charge is -2.17. The molecule has 0 saturated heterocycles. The standard InChI is InChI=1S/C12H14F3N.ClH/c1-2-3-8-11(16)9-6-4-5-7-10(9)12(13,14)15;/h2,4-7,11H,1,3,8,16H2;1H/t11-;/m1./s1.